The standard InChI is InChI=1S/3C24H26F2N4O3/c3*1-24(10-9-20(32)29(24)2)17-7-8-19-18(14-17)27-23(30(19)11-4-12-31)28-22(33)16-6-3-5-15(13-16)21(25)26/h3*3,5-8,13-14,21,31H,4,9-12H2,1-2H3,(H,27,28,33). The van der Waals surface area contributed by atoms with Gasteiger partial charge in [0.05, 0.1) is 49.7 Å². The highest BCUT2D eigenvalue weighted by atomic mass is 19.3. The number of amides is 6. The average Bonchev–Trinajstić information content (AvgIpc) is 1.58. The molecule has 3 atom stereocenters. The molecule has 3 saturated heterocycles. The highest BCUT2D eigenvalue weighted by Crippen LogP contribution is 2.43. The van der Waals surface area contributed by atoms with Crippen LogP contribution in [0, 0.1) is 0 Å². The minimum absolute atomic E-state index is 0.0352. The number of carbonyl (C=O) groups excluding carboxylic acids is 6. The number of nitrogens with one attached hydrogen (secondary N) is 3. The summed E-state index contributed by atoms with van der Waals surface area (Å²) in [5.74, 6) is -0.582. The van der Waals surface area contributed by atoms with Gasteiger partial charge in [0.25, 0.3) is 37.0 Å². The Morgan fingerprint density at radius 2 is 0.687 bits per heavy atom. The zero-order valence-electron chi connectivity index (χ0n) is 55.5. The quantitative estimate of drug-likeness (QED) is 0.0367. The van der Waals surface area contributed by atoms with E-state index in [0.717, 1.165) is 51.4 Å². The Balaban J connectivity index is 0.000000161. The van der Waals surface area contributed by atoms with E-state index in [1.54, 1.807) is 49.5 Å². The molecular formula is C72H78F6N12O9. The maximum atomic E-state index is 13.0. The Labute approximate surface area is 566 Å². The number of aliphatic hydroxyl groups is 3. The van der Waals surface area contributed by atoms with Gasteiger partial charge in [0, 0.05) is 113 Å². The molecule has 99 heavy (non-hydrogen) atoms. The minimum atomic E-state index is -2.67. The second kappa shape index (κ2) is 30.0. The zero-order chi connectivity index (χ0) is 71.3. The lowest BCUT2D eigenvalue weighted by Gasteiger charge is -2.32. The highest BCUT2D eigenvalue weighted by molar-refractivity contribution is 6.06. The number of hydrogen-bond donors (Lipinski definition) is 6. The van der Waals surface area contributed by atoms with Crippen LogP contribution in [0.2, 0.25) is 0 Å². The number of aromatic nitrogens is 6. The number of hydrogen-bond acceptors (Lipinski definition) is 12. The average molecular weight is 1370 g/mol. The van der Waals surface area contributed by atoms with Crippen molar-refractivity contribution in [2.24, 2.45) is 0 Å². The molecule has 9 aromatic rings. The third-order valence-electron chi connectivity index (χ3n) is 19.4. The Hall–Kier alpha value is -9.99. The fraction of sp³-hybridized carbons (Fsp3) is 0.375. The van der Waals surface area contributed by atoms with E-state index in [2.05, 4.69) is 30.9 Å². The van der Waals surface area contributed by atoms with E-state index >= 15 is 0 Å². The number of halogens is 6. The van der Waals surface area contributed by atoms with Crippen LogP contribution in [0.4, 0.5) is 44.2 Å². The van der Waals surface area contributed by atoms with Gasteiger partial charge in [-0.15, -0.1) is 0 Å². The summed E-state index contributed by atoms with van der Waals surface area (Å²) in [4.78, 5) is 93.7. The molecule has 0 bridgehead atoms. The van der Waals surface area contributed by atoms with E-state index in [1.165, 1.54) is 54.6 Å². The molecule has 6 amide bonds. The monoisotopic (exact) mass is 1370 g/mol. The van der Waals surface area contributed by atoms with Gasteiger partial charge in [0.1, 0.15) is 0 Å². The van der Waals surface area contributed by atoms with Crippen molar-refractivity contribution in [1.29, 1.82) is 0 Å². The fourth-order valence-electron chi connectivity index (χ4n) is 12.9. The summed E-state index contributed by atoms with van der Waals surface area (Å²) in [7, 11) is 5.37. The Morgan fingerprint density at radius 1 is 0.424 bits per heavy atom. The van der Waals surface area contributed by atoms with Crippen molar-refractivity contribution in [3.63, 3.8) is 0 Å². The molecule has 0 radical (unpaired) electrons. The maximum Gasteiger partial charge on any atom is 0.263 e. The Morgan fingerprint density at radius 3 is 0.909 bits per heavy atom. The number of aryl methyl sites for hydroxylation is 3. The van der Waals surface area contributed by atoms with E-state index in [9.17, 15) is 70.4 Å². The first-order valence-electron chi connectivity index (χ1n) is 32.5. The van der Waals surface area contributed by atoms with Crippen LogP contribution in [0.25, 0.3) is 33.1 Å². The maximum absolute atomic E-state index is 13.0. The van der Waals surface area contributed by atoms with Crippen molar-refractivity contribution in [2.75, 3.05) is 56.9 Å². The number of imidazole rings is 3. The molecule has 27 heteroatoms. The lowest BCUT2D eigenvalue weighted by atomic mass is 9.89. The molecule has 3 aliphatic rings. The first-order chi connectivity index (χ1) is 47.2. The SMILES string of the molecule is CN1C(=O)CCC1(C)c1ccc2c(c1)nc(NC(=O)c1cccc(C(F)F)c1)n2CCCO.CN1C(=O)CCC1(C)c1ccc2c(c1)nc(NC(=O)c1cccc(C(F)F)c1)n2CCCO.CN1C(=O)CCC1(C)c1ccc2c(c1)nc(NC(=O)c1cccc(C(F)F)c1)n2CCCO. The number of alkyl halides is 6. The topological polar surface area (TPSA) is 262 Å². The summed E-state index contributed by atoms with van der Waals surface area (Å²) in [6.45, 7) is 7.17. The summed E-state index contributed by atoms with van der Waals surface area (Å²) in [5, 5.41) is 36.1. The third kappa shape index (κ3) is 14.9. The van der Waals surface area contributed by atoms with E-state index in [4.69, 9.17) is 0 Å². The molecule has 522 valence electrons. The first kappa shape index (κ1) is 71.8. The third-order valence-corrected chi connectivity index (χ3v) is 19.4. The molecule has 6 N–H and O–H groups in total. The van der Waals surface area contributed by atoms with Crippen molar-refractivity contribution in [2.45, 2.75) is 134 Å². The van der Waals surface area contributed by atoms with Gasteiger partial charge < -0.3 is 43.7 Å². The molecule has 6 aromatic carbocycles. The number of likely N-dealkylation sites (tertiary alicyclic amines) is 3. The minimum Gasteiger partial charge on any atom is -0.396 e. The number of benzene rings is 6. The van der Waals surface area contributed by atoms with E-state index in [1.807, 2.05) is 75.4 Å². The first-order valence-corrected chi connectivity index (χ1v) is 32.5. The van der Waals surface area contributed by atoms with E-state index in [0.29, 0.717) is 94.0 Å². The number of carbonyl (C=O) groups is 6. The van der Waals surface area contributed by atoms with Gasteiger partial charge in [0.15, 0.2) is 0 Å². The van der Waals surface area contributed by atoms with Crippen molar-refractivity contribution in [3.8, 4) is 0 Å². The number of fused-ring (bicyclic) bond motifs is 3. The predicted molar refractivity (Wildman–Crippen MR) is 360 cm³/mol. The van der Waals surface area contributed by atoms with Crippen LogP contribution in [-0.2, 0) is 50.6 Å². The largest absolute Gasteiger partial charge is 0.396 e. The Kier molecular flexibility index (Phi) is 21.8. The van der Waals surface area contributed by atoms with Crippen LogP contribution in [0.1, 0.15) is 162 Å². The molecule has 0 spiro atoms. The van der Waals surface area contributed by atoms with Gasteiger partial charge in [-0.25, -0.2) is 41.3 Å². The number of rotatable bonds is 21. The Bertz CT molecular complexity index is 4070. The summed E-state index contributed by atoms with van der Waals surface area (Å²) >= 11 is 0. The lowest BCUT2D eigenvalue weighted by molar-refractivity contribution is -0.130. The van der Waals surface area contributed by atoms with Gasteiger partial charge in [-0.3, -0.25) is 44.7 Å². The van der Waals surface area contributed by atoms with Crippen LogP contribution in [0.3, 0.4) is 0 Å². The van der Waals surface area contributed by atoms with Gasteiger partial charge in [-0.2, -0.15) is 0 Å². The van der Waals surface area contributed by atoms with Crippen molar-refractivity contribution < 1.29 is 70.4 Å². The van der Waals surface area contributed by atoms with Crippen molar-refractivity contribution >= 4 is 86.4 Å². The number of aliphatic hydroxyl groups excluding tert-OH is 3. The summed E-state index contributed by atoms with van der Waals surface area (Å²) in [5.41, 5.74) is 5.30. The second-order valence-electron chi connectivity index (χ2n) is 25.4. The fourth-order valence-corrected chi connectivity index (χ4v) is 12.9. The molecule has 3 aliphatic heterocycles. The molecular weight excluding hydrogens is 1290 g/mol. The van der Waals surface area contributed by atoms with E-state index < -0.39 is 53.6 Å². The number of anilines is 3. The smallest absolute Gasteiger partial charge is 0.263 e. The van der Waals surface area contributed by atoms with Crippen LogP contribution in [0.15, 0.2) is 127 Å². The van der Waals surface area contributed by atoms with Crippen LogP contribution in [0.5, 0.6) is 0 Å². The van der Waals surface area contributed by atoms with Gasteiger partial charge in [-0.1, -0.05) is 54.6 Å². The normalized spacial score (nSPS) is 18.5. The van der Waals surface area contributed by atoms with Crippen LogP contribution >= 0.6 is 0 Å². The molecule has 3 unspecified atom stereocenters. The summed E-state index contributed by atoms with van der Waals surface area (Å²) in [6.07, 6.45) is -3.13. The van der Waals surface area contributed by atoms with Gasteiger partial charge in [-0.05, 0) is 149 Å². The zero-order valence-corrected chi connectivity index (χ0v) is 55.5. The molecule has 3 fully saturated rings. The molecule has 3 aromatic heterocycles. The summed E-state index contributed by atoms with van der Waals surface area (Å²) < 4.78 is 83.6. The van der Waals surface area contributed by atoms with E-state index in [-0.39, 0.29) is 88.8 Å². The van der Waals surface area contributed by atoms with Gasteiger partial charge in [0.2, 0.25) is 35.6 Å². The number of nitrogens with zero attached hydrogens (tertiary/aromatic N) is 9. The molecule has 0 saturated carbocycles. The molecule has 12 rings (SSSR count). The van der Waals surface area contributed by atoms with Crippen molar-refractivity contribution in [1.82, 2.24) is 43.4 Å². The predicted octanol–water partition coefficient (Wildman–Crippen LogP) is 12.2. The molecule has 21 nitrogen and oxygen atoms in total. The lowest BCUT2D eigenvalue weighted by Crippen LogP contribution is -2.37. The van der Waals surface area contributed by atoms with Crippen LogP contribution in [-0.4, -0.2) is 135 Å². The summed E-state index contributed by atoms with van der Waals surface area (Å²) in [6, 6.07) is 33.2. The highest BCUT2D eigenvalue weighted by Gasteiger charge is 2.43. The molecule has 0 aliphatic carbocycles. The van der Waals surface area contributed by atoms with Crippen molar-refractivity contribution in [3.05, 3.63) is 177 Å². The van der Waals surface area contributed by atoms with Gasteiger partial charge >= 0.3 is 0 Å². The van der Waals surface area contributed by atoms with Crippen LogP contribution < -0.4 is 16.0 Å². The second-order valence-corrected chi connectivity index (χ2v) is 25.4. The molecule has 6 heterocycles.